The largest absolute Gasteiger partial charge is 0.398 e. The molecular formula is C14H21BrN2O2S. The fraction of sp³-hybridized carbons (Fsp3) is 0.571. The SMILES string of the molecule is CC1CCCC(CNS(=O)(=O)c2ccc(Br)c(N)c2)C1. The van der Waals surface area contributed by atoms with Crippen molar-refractivity contribution in [2.24, 2.45) is 11.8 Å². The van der Waals surface area contributed by atoms with E-state index in [1.54, 1.807) is 12.1 Å². The predicted molar refractivity (Wildman–Crippen MR) is 84.9 cm³/mol. The summed E-state index contributed by atoms with van der Waals surface area (Å²) in [4.78, 5) is 0.224. The summed E-state index contributed by atoms with van der Waals surface area (Å²) in [6.45, 7) is 2.75. The van der Waals surface area contributed by atoms with E-state index in [0.29, 0.717) is 28.5 Å². The first-order valence-corrected chi connectivity index (χ1v) is 9.21. The highest BCUT2D eigenvalue weighted by atomic mass is 79.9. The van der Waals surface area contributed by atoms with Crippen LogP contribution in [0.2, 0.25) is 0 Å². The molecule has 1 aromatic carbocycles. The fourth-order valence-electron chi connectivity index (χ4n) is 2.75. The predicted octanol–water partition coefficient (Wildman–Crippen LogP) is 3.14. The van der Waals surface area contributed by atoms with Crippen LogP contribution in [0.1, 0.15) is 32.6 Å². The van der Waals surface area contributed by atoms with Crippen molar-refractivity contribution in [2.45, 2.75) is 37.5 Å². The first-order chi connectivity index (χ1) is 9.38. The number of nitrogens with two attached hydrogens (primary N) is 1. The molecule has 2 rings (SSSR count). The maximum Gasteiger partial charge on any atom is 0.240 e. The molecule has 112 valence electrons. The molecule has 0 radical (unpaired) electrons. The van der Waals surface area contributed by atoms with E-state index in [-0.39, 0.29) is 4.90 Å². The fourth-order valence-corrected chi connectivity index (χ4v) is 4.14. The van der Waals surface area contributed by atoms with Gasteiger partial charge >= 0.3 is 0 Å². The Balaban J connectivity index is 2.01. The Bertz CT molecular complexity index is 575. The van der Waals surface area contributed by atoms with Crippen LogP contribution in [0.5, 0.6) is 0 Å². The Hall–Kier alpha value is -0.590. The van der Waals surface area contributed by atoms with Crippen LogP contribution in [0.25, 0.3) is 0 Å². The molecule has 0 amide bonds. The Morgan fingerprint density at radius 1 is 1.40 bits per heavy atom. The van der Waals surface area contributed by atoms with E-state index in [9.17, 15) is 8.42 Å². The molecule has 1 aliphatic rings. The summed E-state index contributed by atoms with van der Waals surface area (Å²) in [7, 11) is -3.47. The van der Waals surface area contributed by atoms with Gasteiger partial charge in [-0.1, -0.05) is 19.8 Å². The summed E-state index contributed by atoms with van der Waals surface area (Å²) >= 11 is 3.26. The molecule has 1 fully saturated rings. The Morgan fingerprint density at radius 3 is 2.80 bits per heavy atom. The van der Waals surface area contributed by atoms with E-state index in [1.165, 1.54) is 18.9 Å². The zero-order chi connectivity index (χ0) is 14.8. The number of nitrogen functional groups attached to an aromatic ring is 1. The monoisotopic (exact) mass is 360 g/mol. The molecule has 2 atom stereocenters. The average molecular weight is 361 g/mol. The number of nitrogens with one attached hydrogen (secondary N) is 1. The molecule has 4 nitrogen and oxygen atoms in total. The van der Waals surface area contributed by atoms with Crippen molar-refractivity contribution in [3.05, 3.63) is 22.7 Å². The van der Waals surface area contributed by atoms with Gasteiger partial charge in [-0.15, -0.1) is 0 Å². The van der Waals surface area contributed by atoms with Gasteiger partial charge in [-0.05, 0) is 58.8 Å². The lowest BCUT2D eigenvalue weighted by molar-refractivity contribution is 0.283. The first kappa shape index (κ1) is 15.8. The Morgan fingerprint density at radius 2 is 2.15 bits per heavy atom. The number of benzene rings is 1. The molecule has 3 N–H and O–H groups in total. The maximum atomic E-state index is 12.2. The van der Waals surface area contributed by atoms with Gasteiger partial charge in [0, 0.05) is 16.7 Å². The van der Waals surface area contributed by atoms with Gasteiger partial charge in [0.05, 0.1) is 4.90 Å². The normalized spacial score (nSPS) is 23.7. The van der Waals surface area contributed by atoms with Crippen LogP contribution >= 0.6 is 15.9 Å². The quantitative estimate of drug-likeness (QED) is 0.810. The van der Waals surface area contributed by atoms with Crippen LogP contribution in [0, 0.1) is 11.8 Å². The molecule has 1 aliphatic carbocycles. The van der Waals surface area contributed by atoms with E-state index >= 15 is 0 Å². The minimum absolute atomic E-state index is 0.224. The summed E-state index contributed by atoms with van der Waals surface area (Å²) < 4.78 is 27.9. The van der Waals surface area contributed by atoms with Gasteiger partial charge in [-0.25, -0.2) is 13.1 Å². The van der Waals surface area contributed by atoms with Gasteiger partial charge in [0.2, 0.25) is 10.0 Å². The molecule has 1 aromatic rings. The van der Waals surface area contributed by atoms with Crippen molar-refractivity contribution < 1.29 is 8.42 Å². The van der Waals surface area contributed by atoms with Crippen molar-refractivity contribution in [1.82, 2.24) is 4.72 Å². The third-order valence-electron chi connectivity index (χ3n) is 3.88. The minimum Gasteiger partial charge on any atom is -0.398 e. The van der Waals surface area contributed by atoms with Crippen molar-refractivity contribution in [3.63, 3.8) is 0 Å². The molecular weight excluding hydrogens is 340 g/mol. The van der Waals surface area contributed by atoms with Crippen LogP contribution in [0.4, 0.5) is 5.69 Å². The Kier molecular flexibility index (Phi) is 5.09. The van der Waals surface area contributed by atoms with Gasteiger partial charge in [-0.2, -0.15) is 0 Å². The van der Waals surface area contributed by atoms with Crippen molar-refractivity contribution >= 4 is 31.6 Å². The molecule has 2 unspecified atom stereocenters. The lowest BCUT2D eigenvalue weighted by atomic mass is 9.83. The van der Waals surface area contributed by atoms with Crippen LogP contribution in [0.3, 0.4) is 0 Å². The minimum atomic E-state index is -3.47. The number of halogens is 1. The number of hydrogen-bond acceptors (Lipinski definition) is 3. The lowest BCUT2D eigenvalue weighted by Crippen LogP contribution is -2.31. The third-order valence-corrected chi connectivity index (χ3v) is 6.03. The average Bonchev–Trinajstić information content (AvgIpc) is 2.40. The van der Waals surface area contributed by atoms with Crippen molar-refractivity contribution in [1.29, 1.82) is 0 Å². The zero-order valence-corrected chi connectivity index (χ0v) is 14.0. The maximum absolute atomic E-state index is 12.2. The molecule has 0 saturated heterocycles. The van der Waals surface area contributed by atoms with Crippen LogP contribution in [-0.2, 0) is 10.0 Å². The van der Waals surface area contributed by atoms with Gasteiger partial charge in [-0.3, -0.25) is 0 Å². The zero-order valence-electron chi connectivity index (χ0n) is 11.6. The summed E-state index contributed by atoms with van der Waals surface area (Å²) in [6.07, 6.45) is 4.66. The second-order valence-corrected chi connectivity index (χ2v) is 8.29. The summed E-state index contributed by atoms with van der Waals surface area (Å²) in [5.41, 5.74) is 6.17. The Labute approximate surface area is 129 Å². The highest BCUT2D eigenvalue weighted by Gasteiger charge is 2.22. The van der Waals surface area contributed by atoms with Gasteiger partial charge in [0.15, 0.2) is 0 Å². The van der Waals surface area contributed by atoms with E-state index < -0.39 is 10.0 Å². The van der Waals surface area contributed by atoms with Crippen LogP contribution in [-0.4, -0.2) is 15.0 Å². The molecule has 6 heteroatoms. The van der Waals surface area contributed by atoms with Crippen molar-refractivity contribution in [3.8, 4) is 0 Å². The van der Waals surface area contributed by atoms with Gasteiger partial charge < -0.3 is 5.73 Å². The number of hydrogen-bond donors (Lipinski definition) is 2. The van der Waals surface area contributed by atoms with E-state index in [2.05, 4.69) is 27.6 Å². The smallest absolute Gasteiger partial charge is 0.240 e. The number of sulfonamides is 1. The second kappa shape index (κ2) is 6.45. The summed E-state index contributed by atoms with van der Waals surface area (Å²) in [6, 6.07) is 4.70. The van der Waals surface area contributed by atoms with Crippen LogP contribution < -0.4 is 10.5 Å². The van der Waals surface area contributed by atoms with Gasteiger partial charge in [0.25, 0.3) is 0 Å². The molecule has 20 heavy (non-hydrogen) atoms. The summed E-state index contributed by atoms with van der Waals surface area (Å²) in [5, 5.41) is 0. The molecule has 0 bridgehead atoms. The topological polar surface area (TPSA) is 72.2 Å². The lowest BCUT2D eigenvalue weighted by Gasteiger charge is -2.26. The highest BCUT2D eigenvalue weighted by molar-refractivity contribution is 9.10. The van der Waals surface area contributed by atoms with E-state index in [4.69, 9.17) is 5.73 Å². The molecule has 0 aromatic heterocycles. The number of rotatable bonds is 4. The summed E-state index contributed by atoms with van der Waals surface area (Å²) in [5.74, 6) is 1.14. The van der Waals surface area contributed by atoms with E-state index in [0.717, 1.165) is 12.8 Å². The third kappa shape index (κ3) is 3.96. The molecule has 0 heterocycles. The highest BCUT2D eigenvalue weighted by Crippen LogP contribution is 2.28. The standard InChI is InChI=1S/C14H21BrN2O2S/c1-10-3-2-4-11(7-10)9-17-20(18,19)12-5-6-13(15)14(16)8-12/h5-6,8,10-11,17H,2-4,7,9,16H2,1H3. The van der Waals surface area contributed by atoms with Crippen LogP contribution in [0.15, 0.2) is 27.6 Å². The first-order valence-electron chi connectivity index (χ1n) is 6.93. The van der Waals surface area contributed by atoms with E-state index in [1.807, 2.05) is 0 Å². The molecule has 0 aliphatic heterocycles. The molecule has 0 spiro atoms. The van der Waals surface area contributed by atoms with Crippen molar-refractivity contribution in [2.75, 3.05) is 12.3 Å². The molecule has 1 saturated carbocycles. The number of anilines is 1. The second-order valence-electron chi connectivity index (χ2n) is 5.67. The van der Waals surface area contributed by atoms with Gasteiger partial charge in [0.1, 0.15) is 0 Å².